The zero-order valence-corrected chi connectivity index (χ0v) is 15.1. The highest BCUT2D eigenvalue weighted by Gasteiger charge is 2.16. The van der Waals surface area contributed by atoms with E-state index >= 15 is 0 Å². The number of hydrogen-bond acceptors (Lipinski definition) is 5. The second-order valence-electron chi connectivity index (χ2n) is 5.23. The van der Waals surface area contributed by atoms with Crippen molar-refractivity contribution >= 4 is 23.4 Å². The Labute approximate surface area is 151 Å². The van der Waals surface area contributed by atoms with E-state index in [1.807, 2.05) is 6.92 Å². The maximum absolute atomic E-state index is 12.4. The summed E-state index contributed by atoms with van der Waals surface area (Å²) in [7, 11) is 1.46. The van der Waals surface area contributed by atoms with Crippen molar-refractivity contribution in [3.63, 3.8) is 0 Å². The van der Waals surface area contributed by atoms with E-state index in [1.165, 1.54) is 20.1 Å². The van der Waals surface area contributed by atoms with Crippen LogP contribution in [0.2, 0.25) is 5.02 Å². The van der Waals surface area contributed by atoms with Crippen molar-refractivity contribution in [3.8, 4) is 11.5 Å². The van der Waals surface area contributed by atoms with E-state index in [0.29, 0.717) is 34.3 Å². The number of halogens is 1. The number of carbonyl (C=O) groups is 2. The fraction of sp³-hybridized carbons (Fsp3) is 0.263. The van der Waals surface area contributed by atoms with Gasteiger partial charge >= 0.3 is 5.97 Å². The van der Waals surface area contributed by atoms with Gasteiger partial charge in [0.05, 0.1) is 13.7 Å². The maximum atomic E-state index is 12.4. The Balaban J connectivity index is 2.22. The second kappa shape index (κ2) is 8.53. The van der Waals surface area contributed by atoms with Crippen LogP contribution in [0.4, 0.5) is 0 Å². The molecule has 25 heavy (non-hydrogen) atoms. The first-order valence-corrected chi connectivity index (χ1v) is 8.11. The highest BCUT2D eigenvalue weighted by molar-refractivity contribution is 6.31. The summed E-state index contributed by atoms with van der Waals surface area (Å²) in [6.07, 6.45) is 0. The smallest absolute Gasteiger partial charge is 0.342 e. The van der Waals surface area contributed by atoms with E-state index in [1.54, 1.807) is 30.3 Å². The molecule has 0 saturated carbocycles. The number of esters is 1. The summed E-state index contributed by atoms with van der Waals surface area (Å²) in [4.78, 5) is 23.9. The quantitative estimate of drug-likeness (QED) is 0.542. The molecule has 0 bridgehead atoms. The summed E-state index contributed by atoms with van der Waals surface area (Å²) < 4.78 is 16.0. The first kappa shape index (κ1) is 18.8. The number of rotatable bonds is 7. The van der Waals surface area contributed by atoms with Gasteiger partial charge in [0.2, 0.25) is 0 Å². The molecule has 0 N–H and O–H groups in total. The van der Waals surface area contributed by atoms with Crippen molar-refractivity contribution in [3.05, 3.63) is 58.1 Å². The molecule has 0 spiro atoms. The van der Waals surface area contributed by atoms with E-state index in [9.17, 15) is 9.59 Å². The van der Waals surface area contributed by atoms with E-state index < -0.39 is 5.97 Å². The molecule has 0 saturated heterocycles. The Morgan fingerprint density at radius 3 is 2.44 bits per heavy atom. The van der Waals surface area contributed by atoms with Gasteiger partial charge in [-0.1, -0.05) is 11.6 Å². The van der Waals surface area contributed by atoms with Crippen molar-refractivity contribution < 1.29 is 23.8 Å². The van der Waals surface area contributed by atoms with Gasteiger partial charge in [-0.25, -0.2) is 4.79 Å². The maximum Gasteiger partial charge on any atom is 0.342 e. The molecular formula is C19H19ClO5. The molecule has 6 heteroatoms. The van der Waals surface area contributed by atoms with Gasteiger partial charge in [-0.2, -0.15) is 0 Å². The summed E-state index contributed by atoms with van der Waals surface area (Å²) in [6, 6.07) is 9.75. The number of carbonyl (C=O) groups excluding carboxylic acids is 2. The van der Waals surface area contributed by atoms with Crippen LogP contribution in [-0.4, -0.2) is 25.5 Å². The molecule has 0 fully saturated rings. The molecule has 0 aliphatic heterocycles. The summed E-state index contributed by atoms with van der Waals surface area (Å²) in [6.45, 7) is 3.75. The Bertz CT molecular complexity index is 785. The number of benzene rings is 2. The lowest BCUT2D eigenvalue weighted by Gasteiger charge is -2.13. The molecule has 0 aliphatic rings. The number of ketones is 1. The third-order valence-electron chi connectivity index (χ3n) is 3.51. The number of Topliss-reactive ketones (excluding diaryl/α,β-unsaturated/α-hetero) is 1. The van der Waals surface area contributed by atoms with Crippen molar-refractivity contribution in [1.82, 2.24) is 0 Å². The molecule has 132 valence electrons. The van der Waals surface area contributed by atoms with Gasteiger partial charge in [0.1, 0.15) is 23.7 Å². The fourth-order valence-electron chi connectivity index (χ4n) is 2.27. The van der Waals surface area contributed by atoms with E-state index in [-0.39, 0.29) is 18.0 Å². The first-order valence-electron chi connectivity index (χ1n) is 7.73. The predicted octanol–water partition coefficient (Wildman–Crippen LogP) is 4.31. The zero-order chi connectivity index (χ0) is 18.4. The fourth-order valence-corrected chi connectivity index (χ4v) is 2.44. The molecular weight excluding hydrogens is 344 g/mol. The number of ether oxygens (including phenoxy) is 3. The minimum atomic E-state index is -0.574. The third kappa shape index (κ3) is 4.73. The molecule has 0 amide bonds. The monoisotopic (exact) mass is 362 g/mol. The van der Waals surface area contributed by atoms with Crippen LogP contribution >= 0.6 is 11.6 Å². The van der Waals surface area contributed by atoms with Gasteiger partial charge in [-0.05, 0) is 50.2 Å². The van der Waals surface area contributed by atoms with Gasteiger partial charge in [-0.3, -0.25) is 4.79 Å². The van der Waals surface area contributed by atoms with Crippen LogP contribution in [0, 0.1) is 0 Å². The van der Waals surface area contributed by atoms with Crippen LogP contribution in [0.5, 0.6) is 11.5 Å². The lowest BCUT2D eigenvalue weighted by Crippen LogP contribution is -2.09. The SMILES string of the molecule is CCOc1ccc(C(C)=O)cc1COC(=O)c1cc(Cl)ccc1OC. The molecule has 0 heterocycles. The van der Waals surface area contributed by atoms with Crippen molar-refractivity contribution in [1.29, 1.82) is 0 Å². The van der Waals surface area contributed by atoms with Crippen LogP contribution in [0.1, 0.15) is 40.1 Å². The zero-order valence-electron chi connectivity index (χ0n) is 14.3. The normalized spacial score (nSPS) is 10.2. The minimum Gasteiger partial charge on any atom is -0.496 e. The molecule has 0 aliphatic carbocycles. The largest absolute Gasteiger partial charge is 0.496 e. The van der Waals surface area contributed by atoms with Gasteiger partial charge in [0, 0.05) is 16.1 Å². The van der Waals surface area contributed by atoms with Gasteiger partial charge in [0.25, 0.3) is 0 Å². The topological polar surface area (TPSA) is 61.8 Å². The molecule has 0 unspecified atom stereocenters. The average Bonchev–Trinajstić information content (AvgIpc) is 2.60. The van der Waals surface area contributed by atoms with Crippen molar-refractivity contribution in [2.24, 2.45) is 0 Å². The summed E-state index contributed by atoms with van der Waals surface area (Å²) in [5.74, 6) is 0.289. The van der Waals surface area contributed by atoms with Crippen LogP contribution in [0.25, 0.3) is 0 Å². The Kier molecular flexibility index (Phi) is 6.42. The van der Waals surface area contributed by atoms with Crippen LogP contribution in [-0.2, 0) is 11.3 Å². The third-order valence-corrected chi connectivity index (χ3v) is 3.74. The predicted molar refractivity (Wildman–Crippen MR) is 94.7 cm³/mol. The Morgan fingerprint density at radius 1 is 1.08 bits per heavy atom. The Morgan fingerprint density at radius 2 is 1.80 bits per heavy atom. The average molecular weight is 363 g/mol. The highest BCUT2D eigenvalue weighted by atomic mass is 35.5. The molecule has 0 aromatic heterocycles. The van der Waals surface area contributed by atoms with Crippen LogP contribution in [0.15, 0.2) is 36.4 Å². The molecule has 5 nitrogen and oxygen atoms in total. The lowest BCUT2D eigenvalue weighted by atomic mass is 10.1. The van der Waals surface area contributed by atoms with Gasteiger partial charge in [-0.15, -0.1) is 0 Å². The summed E-state index contributed by atoms with van der Waals surface area (Å²) in [5, 5.41) is 0.404. The second-order valence-corrected chi connectivity index (χ2v) is 5.67. The van der Waals surface area contributed by atoms with Gasteiger partial charge in [0.15, 0.2) is 5.78 Å². The van der Waals surface area contributed by atoms with Crippen molar-refractivity contribution in [2.75, 3.05) is 13.7 Å². The van der Waals surface area contributed by atoms with Crippen LogP contribution < -0.4 is 9.47 Å². The Hall–Kier alpha value is -2.53. The summed E-state index contributed by atoms with van der Waals surface area (Å²) >= 11 is 5.94. The van der Waals surface area contributed by atoms with E-state index in [4.69, 9.17) is 25.8 Å². The minimum absolute atomic E-state index is 0.0368. The van der Waals surface area contributed by atoms with Crippen LogP contribution in [0.3, 0.4) is 0 Å². The number of hydrogen-bond donors (Lipinski definition) is 0. The first-order chi connectivity index (χ1) is 12.0. The lowest BCUT2D eigenvalue weighted by molar-refractivity contribution is 0.0466. The molecule has 2 aromatic rings. The molecule has 2 aromatic carbocycles. The number of methoxy groups -OCH3 is 1. The highest BCUT2D eigenvalue weighted by Crippen LogP contribution is 2.25. The summed E-state index contributed by atoms with van der Waals surface area (Å²) in [5.41, 5.74) is 1.37. The molecule has 0 atom stereocenters. The van der Waals surface area contributed by atoms with E-state index in [2.05, 4.69) is 0 Å². The van der Waals surface area contributed by atoms with Gasteiger partial charge < -0.3 is 14.2 Å². The molecule has 2 rings (SSSR count). The molecule has 0 radical (unpaired) electrons. The van der Waals surface area contributed by atoms with E-state index in [0.717, 1.165) is 0 Å². The standard InChI is InChI=1S/C19H19ClO5/c1-4-24-17-7-5-13(12(2)21)9-14(17)11-25-19(22)16-10-15(20)6-8-18(16)23-3/h5-10H,4,11H2,1-3H3. The van der Waals surface area contributed by atoms with Crippen molar-refractivity contribution in [2.45, 2.75) is 20.5 Å².